The molecule has 10 rings (SSSR count). The molecule has 0 fully saturated rings. The summed E-state index contributed by atoms with van der Waals surface area (Å²) in [5, 5.41) is 1.96. The van der Waals surface area contributed by atoms with Crippen LogP contribution in [-0.4, -0.2) is 19.9 Å². The first-order chi connectivity index (χ1) is 25.6. The predicted octanol–water partition coefficient (Wildman–Crippen LogP) is 12.9. The quantitative estimate of drug-likeness (QED) is 0.176. The fourth-order valence-electron chi connectivity index (χ4n) is 6.25. The number of hydrogen-bond acceptors (Lipinski definition) is 6. The lowest BCUT2D eigenvalue weighted by molar-refractivity contribution is 0.667. The van der Waals surface area contributed by atoms with Crippen molar-refractivity contribution in [3.63, 3.8) is 0 Å². The van der Waals surface area contributed by atoms with E-state index in [2.05, 4.69) is 31.9 Å². The highest BCUT2D eigenvalue weighted by Crippen LogP contribution is 2.38. The molecule has 10 aromatic rings. The van der Waals surface area contributed by atoms with Crippen LogP contribution in [0.2, 0.25) is 0 Å². The maximum absolute atomic E-state index is 6.14. The Morgan fingerprint density at radius 1 is 0.365 bits per heavy atom. The molecule has 4 aromatic heterocycles. The van der Waals surface area contributed by atoms with Gasteiger partial charge < -0.3 is 8.83 Å². The second-order valence-corrected chi connectivity index (χ2v) is 13.9. The van der Waals surface area contributed by atoms with Gasteiger partial charge in [0.15, 0.2) is 22.8 Å². The zero-order chi connectivity index (χ0) is 35.0. The summed E-state index contributed by atoms with van der Waals surface area (Å²) < 4.78 is 14.3. The van der Waals surface area contributed by atoms with Crippen LogP contribution in [-0.2, 0) is 0 Å². The number of benzene rings is 6. The van der Waals surface area contributed by atoms with Crippen LogP contribution in [0, 0.1) is 0 Å². The van der Waals surface area contributed by atoms with Crippen molar-refractivity contribution in [1.29, 1.82) is 0 Å². The maximum atomic E-state index is 6.14. The van der Waals surface area contributed by atoms with Crippen molar-refractivity contribution in [2.45, 2.75) is 0 Å². The Morgan fingerprint density at radius 2 is 0.712 bits per heavy atom. The van der Waals surface area contributed by atoms with E-state index >= 15 is 0 Å². The van der Waals surface area contributed by atoms with Gasteiger partial charge in [0, 0.05) is 42.0 Å². The number of nitrogens with zero attached hydrogens (tertiary/aromatic N) is 4. The van der Waals surface area contributed by atoms with Crippen molar-refractivity contribution in [1.82, 2.24) is 19.9 Å². The van der Waals surface area contributed by atoms with Gasteiger partial charge in [-0.25, -0.2) is 19.9 Å². The van der Waals surface area contributed by atoms with E-state index in [1.54, 1.807) is 0 Å². The monoisotopic (exact) mass is 800 g/mol. The van der Waals surface area contributed by atoms with Gasteiger partial charge >= 0.3 is 0 Å². The smallest absolute Gasteiger partial charge is 0.180 e. The van der Waals surface area contributed by atoms with E-state index < -0.39 is 0 Å². The Morgan fingerprint density at radius 3 is 1.08 bits per heavy atom. The van der Waals surface area contributed by atoms with Crippen molar-refractivity contribution in [2.24, 2.45) is 0 Å². The minimum atomic E-state index is 0.694. The predicted molar refractivity (Wildman–Crippen MR) is 216 cm³/mol. The molecule has 0 aliphatic rings. The molecule has 0 saturated carbocycles. The number of rotatable bonds is 4. The molecule has 0 bridgehead atoms. The number of fused-ring (bicyclic) bond motifs is 6. The average molecular weight is 803 g/mol. The fourth-order valence-corrected chi connectivity index (χ4v) is 6.97. The number of aromatic nitrogens is 4. The van der Waals surface area contributed by atoms with E-state index in [-0.39, 0.29) is 0 Å². The summed E-state index contributed by atoms with van der Waals surface area (Å²) in [6, 6.07) is 52.2. The second kappa shape index (κ2) is 13.6. The third kappa shape index (κ3) is 6.06. The summed E-state index contributed by atoms with van der Waals surface area (Å²) >= 11 is 7.09. The summed E-state index contributed by atoms with van der Waals surface area (Å²) in [6.07, 6.45) is 0. The second-order valence-electron chi connectivity index (χ2n) is 12.1. The highest BCUT2D eigenvalue weighted by molar-refractivity contribution is 9.10. The first-order valence-electron chi connectivity index (χ1n) is 16.6. The third-order valence-corrected chi connectivity index (χ3v) is 9.69. The SMILES string of the molecule is Brc1ccc2oc3c(-c4ccccc4)nc(-c4ccccc4)nc3c2c1.Brc1ccc2oc3c(-c4ccccc4)nc(-c4ccccc4)nc3c2c1. The van der Waals surface area contributed by atoms with E-state index in [0.29, 0.717) is 22.8 Å². The number of halogens is 2. The molecule has 4 heterocycles. The van der Waals surface area contributed by atoms with Crippen LogP contribution in [0.1, 0.15) is 0 Å². The molecular weight excluding hydrogens is 776 g/mol. The van der Waals surface area contributed by atoms with Gasteiger partial charge in [-0.2, -0.15) is 0 Å². The zero-order valence-electron chi connectivity index (χ0n) is 27.4. The minimum absolute atomic E-state index is 0.694. The number of furan rings is 2. The van der Waals surface area contributed by atoms with Crippen LogP contribution in [0.25, 0.3) is 89.4 Å². The minimum Gasteiger partial charge on any atom is -0.452 e. The van der Waals surface area contributed by atoms with Crippen molar-refractivity contribution in [3.8, 4) is 45.3 Å². The molecule has 0 saturated heterocycles. The Kier molecular flexibility index (Phi) is 8.39. The molecule has 0 radical (unpaired) electrons. The molecule has 0 N–H and O–H groups in total. The summed E-state index contributed by atoms with van der Waals surface area (Å²) in [4.78, 5) is 19.4. The Hall–Kier alpha value is -5.96. The van der Waals surface area contributed by atoms with Gasteiger partial charge in [-0.05, 0) is 36.4 Å². The van der Waals surface area contributed by atoms with E-state index in [1.807, 2.05) is 158 Å². The van der Waals surface area contributed by atoms with Gasteiger partial charge in [0.1, 0.15) is 33.6 Å². The molecule has 248 valence electrons. The summed E-state index contributed by atoms with van der Waals surface area (Å²) in [5.74, 6) is 1.39. The van der Waals surface area contributed by atoms with Gasteiger partial charge in [-0.1, -0.05) is 153 Å². The van der Waals surface area contributed by atoms with E-state index in [9.17, 15) is 0 Å². The first-order valence-corrected chi connectivity index (χ1v) is 18.2. The molecule has 8 heteroatoms. The standard InChI is InChI=1S/2C22H13BrN2O/c2*23-16-11-12-18-17(13-16)20-21(26-18)19(14-7-3-1-4-8-14)24-22(25-20)15-9-5-2-6-10-15/h2*1-13H. The van der Waals surface area contributed by atoms with Gasteiger partial charge in [0.05, 0.1) is 0 Å². The average Bonchev–Trinajstić information content (AvgIpc) is 3.76. The van der Waals surface area contributed by atoms with Gasteiger partial charge in [0.25, 0.3) is 0 Å². The topological polar surface area (TPSA) is 77.8 Å². The van der Waals surface area contributed by atoms with Crippen molar-refractivity contribution in [3.05, 3.63) is 167 Å². The van der Waals surface area contributed by atoms with Crippen LogP contribution >= 0.6 is 31.9 Å². The third-order valence-electron chi connectivity index (χ3n) is 8.71. The van der Waals surface area contributed by atoms with Crippen LogP contribution in [0.15, 0.2) is 176 Å². The van der Waals surface area contributed by atoms with Gasteiger partial charge in [-0.3, -0.25) is 0 Å². The zero-order valence-corrected chi connectivity index (χ0v) is 30.5. The van der Waals surface area contributed by atoms with Gasteiger partial charge in [-0.15, -0.1) is 0 Å². The van der Waals surface area contributed by atoms with Crippen LogP contribution in [0.4, 0.5) is 0 Å². The van der Waals surface area contributed by atoms with Crippen molar-refractivity contribution < 1.29 is 8.83 Å². The normalized spacial score (nSPS) is 11.3. The van der Waals surface area contributed by atoms with Crippen molar-refractivity contribution in [2.75, 3.05) is 0 Å². The molecule has 6 aromatic carbocycles. The molecule has 0 atom stereocenters. The molecule has 6 nitrogen and oxygen atoms in total. The largest absolute Gasteiger partial charge is 0.452 e. The Labute approximate surface area is 315 Å². The molecule has 0 aliphatic heterocycles. The molecular formula is C44H26Br2N4O2. The van der Waals surface area contributed by atoms with Gasteiger partial charge in [0.2, 0.25) is 0 Å². The highest BCUT2D eigenvalue weighted by Gasteiger charge is 2.19. The summed E-state index contributed by atoms with van der Waals surface area (Å²) in [5.41, 5.74) is 10.3. The van der Waals surface area contributed by atoms with Crippen LogP contribution < -0.4 is 0 Å². The lowest BCUT2D eigenvalue weighted by Gasteiger charge is -2.06. The molecule has 0 unspecified atom stereocenters. The summed E-state index contributed by atoms with van der Waals surface area (Å²) in [6.45, 7) is 0. The van der Waals surface area contributed by atoms with Crippen LogP contribution in [0.5, 0.6) is 0 Å². The maximum Gasteiger partial charge on any atom is 0.180 e. The fraction of sp³-hybridized carbons (Fsp3) is 0. The molecule has 52 heavy (non-hydrogen) atoms. The van der Waals surface area contributed by atoms with Crippen molar-refractivity contribution >= 4 is 76.0 Å². The lowest BCUT2D eigenvalue weighted by Crippen LogP contribution is -1.93. The molecule has 0 amide bonds. The number of hydrogen-bond donors (Lipinski definition) is 0. The highest BCUT2D eigenvalue weighted by atomic mass is 79.9. The molecule has 0 aliphatic carbocycles. The Balaban J connectivity index is 0.000000138. The van der Waals surface area contributed by atoms with E-state index in [1.165, 1.54) is 0 Å². The first kappa shape index (κ1) is 32.0. The summed E-state index contributed by atoms with van der Waals surface area (Å²) in [7, 11) is 0. The van der Waals surface area contributed by atoms with Crippen LogP contribution in [0.3, 0.4) is 0 Å². The lowest BCUT2D eigenvalue weighted by atomic mass is 10.1. The Bertz CT molecular complexity index is 2660. The van der Waals surface area contributed by atoms with E-state index in [4.69, 9.17) is 28.8 Å². The molecule has 0 spiro atoms. The van der Waals surface area contributed by atoms with E-state index in [0.717, 1.165) is 75.6 Å².